The van der Waals surface area contributed by atoms with Crippen molar-refractivity contribution in [2.24, 2.45) is 7.05 Å². The standard InChI is InChI=1S/C17H15NO3/c1-18-14-9-8-12(21-2)10-13(14)15(17(18)20)16(19)11-6-4-3-5-7-11/h3-10,20H,1-2H3. The monoisotopic (exact) mass is 281 g/mol. The summed E-state index contributed by atoms with van der Waals surface area (Å²) in [4.78, 5) is 12.7. The molecule has 1 N–H and O–H groups in total. The molecular formula is C17H15NO3. The van der Waals surface area contributed by atoms with E-state index in [9.17, 15) is 9.90 Å². The van der Waals surface area contributed by atoms with Gasteiger partial charge in [-0.1, -0.05) is 30.3 Å². The van der Waals surface area contributed by atoms with Crippen molar-refractivity contribution >= 4 is 16.7 Å². The highest BCUT2D eigenvalue weighted by Gasteiger charge is 2.22. The highest BCUT2D eigenvalue weighted by Crippen LogP contribution is 2.34. The molecule has 0 amide bonds. The van der Waals surface area contributed by atoms with Crippen molar-refractivity contribution in [3.05, 3.63) is 59.7 Å². The van der Waals surface area contributed by atoms with Gasteiger partial charge >= 0.3 is 0 Å². The van der Waals surface area contributed by atoms with Crippen LogP contribution in [0.5, 0.6) is 11.6 Å². The topological polar surface area (TPSA) is 51.5 Å². The molecule has 0 radical (unpaired) electrons. The van der Waals surface area contributed by atoms with Crippen LogP contribution in [0.4, 0.5) is 0 Å². The Kier molecular flexibility index (Phi) is 3.14. The lowest BCUT2D eigenvalue weighted by Gasteiger charge is -2.02. The Bertz CT molecular complexity index is 819. The molecule has 1 aromatic heterocycles. The molecule has 0 saturated heterocycles. The zero-order valence-corrected chi connectivity index (χ0v) is 11.8. The Hall–Kier alpha value is -2.75. The highest BCUT2D eigenvalue weighted by atomic mass is 16.5. The first kappa shape index (κ1) is 13.2. The van der Waals surface area contributed by atoms with Gasteiger partial charge < -0.3 is 14.4 Å². The summed E-state index contributed by atoms with van der Waals surface area (Å²) in [5, 5.41) is 11.0. The first-order valence-corrected chi connectivity index (χ1v) is 6.58. The minimum atomic E-state index is -0.202. The Morgan fingerprint density at radius 1 is 1.14 bits per heavy atom. The van der Waals surface area contributed by atoms with Crippen molar-refractivity contribution in [3.63, 3.8) is 0 Å². The van der Waals surface area contributed by atoms with E-state index in [0.29, 0.717) is 22.3 Å². The number of ether oxygens (including phenoxy) is 1. The largest absolute Gasteiger partial charge is 0.497 e. The van der Waals surface area contributed by atoms with Gasteiger partial charge in [-0.2, -0.15) is 0 Å². The molecule has 106 valence electrons. The first-order chi connectivity index (χ1) is 10.1. The second-order valence-corrected chi connectivity index (χ2v) is 4.84. The van der Waals surface area contributed by atoms with Crippen LogP contribution in [0, 0.1) is 0 Å². The number of hydrogen-bond acceptors (Lipinski definition) is 3. The summed E-state index contributed by atoms with van der Waals surface area (Å²) in [6.45, 7) is 0. The second-order valence-electron chi connectivity index (χ2n) is 4.84. The normalized spacial score (nSPS) is 10.8. The molecule has 0 spiro atoms. The lowest BCUT2D eigenvalue weighted by atomic mass is 10.0. The number of ketones is 1. The summed E-state index contributed by atoms with van der Waals surface area (Å²) in [5.41, 5.74) is 1.63. The van der Waals surface area contributed by atoms with E-state index in [-0.39, 0.29) is 11.7 Å². The van der Waals surface area contributed by atoms with E-state index in [0.717, 1.165) is 5.52 Å². The van der Waals surface area contributed by atoms with Crippen molar-refractivity contribution in [2.45, 2.75) is 0 Å². The van der Waals surface area contributed by atoms with Crippen LogP contribution in [0.1, 0.15) is 15.9 Å². The lowest BCUT2D eigenvalue weighted by molar-refractivity contribution is 0.103. The Morgan fingerprint density at radius 2 is 1.86 bits per heavy atom. The molecule has 3 aromatic rings. The van der Waals surface area contributed by atoms with E-state index in [1.54, 1.807) is 55.1 Å². The summed E-state index contributed by atoms with van der Waals surface area (Å²) < 4.78 is 6.81. The minimum Gasteiger partial charge on any atom is -0.497 e. The minimum absolute atomic E-state index is 0.0351. The van der Waals surface area contributed by atoms with Crippen molar-refractivity contribution in [3.8, 4) is 11.6 Å². The van der Waals surface area contributed by atoms with E-state index in [1.807, 2.05) is 12.1 Å². The molecule has 0 aliphatic heterocycles. The molecule has 0 atom stereocenters. The maximum Gasteiger partial charge on any atom is 0.203 e. The summed E-state index contributed by atoms with van der Waals surface area (Å²) >= 11 is 0. The number of aryl methyl sites for hydroxylation is 1. The number of benzene rings is 2. The van der Waals surface area contributed by atoms with Crippen molar-refractivity contribution in [2.75, 3.05) is 7.11 Å². The first-order valence-electron chi connectivity index (χ1n) is 6.58. The number of aromatic hydroxyl groups is 1. The maximum absolute atomic E-state index is 12.7. The average molecular weight is 281 g/mol. The highest BCUT2D eigenvalue weighted by molar-refractivity contribution is 6.18. The molecule has 0 unspecified atom stereocenters. The predicted octanol–water partition coefficient (Wildman–Crippen LogP) is 3.12. The number of nitrogens with zero attached hydrogens (tertiary/aromatic N) is 1. The number of methoxy groups -OCH3 is 1. The van der Waals surface area contributed by atoms with E-state index >= 15 is 0 Å². The van der Waals surface area contributed by atoms with Gasteiger partial charge in [0.05, 0.1) is 18.2 Å². The van der Waals surface area contributed by atoms with Gasteiger partial charge in [-0.05, 0) is 18.2 Å². The van der Waals surface area contributed by atoms with Gasteiger partial charge in [0.2, 0.25) is 5.88 Å². The zero-order valence-electron chi connectivity index (χ0n) is 11.8. The SMILES string of the molecule is COc1ccc2c(c1)c(C(=O)c1ccccc1)c(O)n2C. The van der Waals surface area contributed by atoms with Crippen LogP contribution < -0.4 is 4.74 Å². The molecule has 0 bridgehead atoms. The third-order valence-electron chi connectivity index (χ3n) is 3.64. The van der Waals surface area contributed by atoms with Gasteiger partial charge in [0.25, 0.3) is 0 Å². The van der Waals surface area contributed by atoms with Gasteiger partial charge in [-0.15, -0.1) is 0 Å². The van der Waals surface area contributed by atoms with Crippen LogP contribution in [0.15, 0.2) is 48.5 Å². The van der Waals surface area contributed by atoms with Crippen LogP contribution in [-0.4, -0.2) is 22.6 Å². The van der Waals surface area contributed by atoms with Gasteiger partial charge in [0, 0.05) is 18.0 Å². The zero-order chi connectivity index (χ0) is 15.0. The molecule has 0 aliphatic carbocycles. The quantitative estimate of drug-likeness (QED) is 0.750. The Morgan fingerprint density at radius 3 is 2.52 bits per heavy atom. The van der Waals surface area contributed by atoms with E-state index in [1.165, 1.54) is 0 Å². The third kappa shape index (κ3) is 2.05. The van der Waals surface area contributed by atoms with Gasteiger partial charge in [0.15, 0.2) is 5.78 Å². The Balaban J connectivity index is 2.26. The van der Waals surface area contributed by atoms with Crippen LogP contribution >= 0.6 is 0 Å². The van der Waals surface area contributed by atoms with Crippen LogP contribution in [-0.2, 0) is 7.05 Å². The van der Waals surface area contributed by atoms with Gasteiger partial charge in [-0.25, -0.2) is 0 Å². The molecule has 3 rings (SSSR count). The summed E-state index contributed by atoms with van der Waals surface area (Å²) in [7, 11) is 3.30. The summed E-state index contributed by atoms with van der Waals surface area (Å²) in [5.74, 6) is 0.411. The molecule has 4 heteroatoms. The lowest BCUT2D eigenvalue weighted by Crippen LogP contribution is -2.01. The van der Waals surface area contributed by atoms with Crippen molar-refractivity contribution < 1.29 is 14.6 Å². The number of carbonyl (C=O) groups excluding carboxylic acids is 1. The van der Waals surface area contributed by atoms with Crippen LogP contribution in [0.3, 0.4) is 0 Å². The fourth-order valence-corrected chi connectivity index (χ4v) is 2.49. The smallest absolute Gasteiger partial charge is 0.203 e. The van der Waals surface area contributed by atoms with Crippen molar-refractivity contribution in [1.82, 2.24) is 4.57 Å². The van der Waals surface area contributed by atoms with Gasteiger partial charge in [0.1, 0.15) is 5.75 Å². The molecule has 0 fully saturated rings. The van der Waals surface area contributed by atoms with Crippen molar-refractivity contribution in [1.29, 1.82) is 0 Å². The number of aromatic nitrogens is 1. The maximum atomic E-state index is 12.7. The van der Waals surface area contributed by atoms with Crippen LogP contribution in [0.2, 0.25) is 0 Å². The average Bonchev–Trinajstić information content (AvgIpc) is 2.78. The predicted molar refractivity (Wildman–Crippen MR) is 81.0 cm³/mol. The second kappa shape index (κ2) is 4.98. The molecule has 2 aromatic carbocycles. The number of hydrogen-bond donors (Lipinski definition) is 1. The molecule has 0 aliphatic rings. The number of rotatable bonds is 3. The fourth-order valence-electron chi connectivity index (χ4n) is 2.49. The fraction of sp³-hybridized carbons (Fsp3) is 0.118. The molecule has 21 heavy (non-hydrogen) atoms. The number of carbonyl (C=O) groups is 1. The third-order valence-corrected chi connectivity index (χ3v) is 3.64. The van der Waals surface area contributed by atoms with E-state index in [2.05, 4.69) is 0 Å². The molecule has 1 heterocycles. The number of fused-ring (bicyclic) bond motifs is 1. The van der Waals surface area contributed by atoms with E-state index in [4.69, 9.17) is 4.74 Å². The molecule has 0 saturated carbocycles. The van der Waals surface area contributed by atoms with E-state index < -0.39 is 0 Å². The molecular weight excluding hydrogens is 266 g/mol. The Labute approximate surface area is 122 Å². The molecule has 4 nitrogen and oxygen atoms in total. The summed E-state index contributed by atoms with van der Waals surface area (Å²) in [6, 6.07) is 14.3. The van der Waals surface area contributed by atoms with Gasteiger partial charge in [-0.3, -0.25) is 4.79 Å². The van der Waals surface area contributed by atoms with Crippen LogP contribution in [0.25, 0.3) is 10.9 Å². The summed E-state index contributed by atoms with van der Waals surface area (Å²) in [6.07, 6.45) is 0.